The fraction of sp³-hybridized carbons (Fsp3) is 0.867. The second-order valence-electron chi connectivity index (χ2n) is 6.29. The van der Waals surface area contributed by atoms with Crippen molar-refractivity contribution in [2.45, 2.75) is 18.4 Å². The molecule has 4 heteroatoms. The van der Waals surface area contributed by atoms with E-state index < -0.39 is 0 Å². The van der Waals surface area contributed by atoms with Gasteiger partial charge in [0.2, 0.25) is 0 Å². The SMILES string of the molecule is C=CCN1CCOC[C@@]2(C1)CN(CC1CC1)CCO2. The molecule has 1 saturated carbocycles. The maximum Gasteiger partial charge on any atom is 0.117 e. The summed E-state index contributed by atoms with van der Waals surface area (Å²) in [4.78, 5) is 4.99. The standard InChI is InChI=1S/C15H26N2O2/c1-2-5-16-6-8-18-13-15(11-16)12-17(7-9-19-15)10-14-3-4-14/h2,14H,1,3-13H2/t15-/m1/s1. The summed E-state index contributed by atoms with van der Waals surface area (Å²) in [6.07, 6.45) is 4.82. The summed E-state index contributed by atoms with van der Waals surface area (Å²) in [6, 6.07) is 0. The van der Waals surface area contributed by atoms with Crippen molar-refractivity contribution in [1.82, 2.24) is 9.80 Å². The van der Waals surface area contributed by atoms with Gasteiger partial charge in [-0.1, -0.05) is 6.08 Å². The maximum absolute atomic E-state index is 6.15. The van der Waals surface area contributed by atoms with Crippen LogP contribution in [0.15, 0.2) is 12.7 Å². The summed E-state index contributed by atoms with van der Waals surface area (Å²) in [5.74, 6) is 0.950. The first-order chi connectivity index (χ1) is 9.30. The van der Waals surface area contributed by atoms with Crippen molar-refractivity contribution in [1.29, 1.82) is 0 Å². The number of ether oxygens (including phenoxy) is 2. The van der Waals surface area contributed by atoms with E-state index >= 15 is 0 Å². The largest absolute Gasteiger partial charge is 0.377 e. The molecule has 0 amide bonds. The van der Waals surface area contributed by atoms with E-state index in [4.69, 9.17) is 9.47 Å². The molecular formula is C15H26N2O2. The second-order valence-corrected chi connectivity index (χ2v) is 6.29. The Morgan fingerprint density at radius 3 is 2.74 bits per heavy atom. The van der Waals surface area contributed by atoms with Crippen molar-refractivity contribution >= 4 is 0 Å². The Morgan fingerprint density at radius 1 is 1.16 bits per heavy atom. The molecule has 3 rings (SSSR count). The minimum atomic E-state index is -0.118. The van der Waals surface area contributed by atoms with E-state index in [1.807, 2.05) is 6.08 Å². The van der Waals surface area contributed by atoms with Crippen LogP contribution in [0.2, 0.25) is 0 Å². The van der Waals surface area contributed by atoms with Gasteiger partial charge >= 0.3 is 0 Å². The van der Waals surface area contributed by atoms with Gasteiger partial charge in [0.1, 0.15) is 5.60 Å². The predicted octanol–water partition coefficient (Wildman–Crippen LogP) is 0.986. The van der Waals surface area contributed by atoms with Crippen molar-refractivity contribution < 1.29 is 9.47 Å². The molecule has 3 aliphatic rings. The van der Waals surface area contributed by atoms with Crippen molar-refractivity contribution in [2.75, 3.05) is 59.1 Å². The molecule has 1 spiro atoms. The Kier molecular flexibility index (Phi) is 4.22. The fourth-order valence-electron chi connectivity index (χ4n) is 3.25. The van der Waals surface area contributed by atoms with Gasteiger partial charge in [-0.15, -0.1) is 6.58 Å². The zero-order valence-corrected chi connectivity index (χ0v) is 11.9. The number of rotatable bonds is 4. The van der Waals surface area contributed by atoms with Crippen LogP contribution in [0.25, 0.3) is 0 Å². The summed E-state index contributed by atoms with van der Waals surface area (Å²) < 4.78 is 12.0. The highest BCUT2D eigenvalue weighted by Crippen LogP contribution is 2.31. The molecule has 3 fully saturated rings. The van der Waals surface area contributed by atoms with Crippen molar-refractivity contribution in [3.63, 3.8) is 0 Å². The van der Waals surface area contributed by atoms with Gasteiger partial charge in [0.05, 0.1) is 19.8 Å². The van der Waals surface area contributed by atoms with Crippen LogP contribution in [0.3, 0.4) is 0 Å². The third-order valence-electron chi connectivity index (χ3n) is 4.36. The highest BCUT2D eigenvalue weighted by atomic mass is 16.5. The van der Waals surface area contributed by atoms with E-state index in [0.29, 0.717) is 0 Å². The minimum absolute atomic E-state index is 0.118. The molecule has 0 aromatic carbocycles. The fourth-order valence-corrected chi connectivity index (χ4v) is 3.25. The first-order valence-electron chi connectivity index (χ1n) is 7.57. The first-order valence-corrected chi connectivity index (χ1v) is 7.57. The molecule has 0 bridgehead atoms. The van der Waals surface area contributed by atoms with E-state index in [0.717, 1.165) is 58.5 Å². The lowest BCUT2D eigenvalue weighted by molar-refractivity contribution is -0.141. The molecule has 1 aliphatic carbocycles. The molecule has 2 saturated heterocycles. The topological polar surface area (TPSA) is 24.9 Å². The zero-order chi connectivity index (χ0) is 13.1. The molecule has 4 nitrogen and oxygen atoms in total. The van der Waals surface area contributed by atoms with Gasteiger partial charge in [0, 0.05) is 39.3 Å². The summed E-state index contributed by atoms with van der Waals surface area (Å²) in [6.45, 7) is 12.5. The van der Waals surface area contributed by atoms with Crippen molar-refractivity contribution in [3.8, 4) is 0 Å². The summed E-state index contributed by atoms with van der Waals surface area (Å²) >= 11 is 0. The third kappa shape index (κ3) is 3.57. The van der Waals surface area contributed by atoms with E-state index in [1.54, 1.807) is 0 Å². The number of hydrogen-bond donors (Lipinski definition) is 0. The van der Waals surface area contributed by atoms with Crippen LogP contribution in [-0.4, -0.2) is 74.5 Å². The maximum atomic E-state index is 6.15. The lowest BCUT2D eigenvalue weighted by Crippen LogP contribution is -2.59. The molecule has 2 heterocycles. The molecule has 108 valence electrons. The van der Waals surface area contributed by atoms with Crippen molar-refractivity contribution in [2.24, 2.45) is 5.92 Å². The quantitative estimate of drug-likeness (QED) is 0.708. The Bertz CT molecular complexity index is 319. The highest BCUT2D eigenvalue weighted by molar-refractivity contribution is 4.94. The highest BCUT2D eigenvalue weighted by Gasteiger charge is 2.41. The normalized spacial score (nSPS) is 34.3. The van der Waals surface area contributed by atoms with Crippen LogP contribution in [0, 0.1) is 5.92 Å². The predicted molar refractivity (Wildman–Crippen MR) is 75.3 cm³/mol. The second kappa shape index (κ2) is 5.92. The van der Waals surface area contributed by atoms with Gasteiger partial charge in [0.25, 0.3) is 0 Å². The van der Waals surface area contributed by atoms with Crippen LogP contribution in [0.1, 0.15) is 12.8 Å². The molecule has 1 atom stereocenters. The lowest BCUT2D eigenvalue weighted by atomic mass is 10.0. The first kappa shape index (κ1) is 13.6. The van der Waals surface area contributed by atoms with Gasteiger partial charge in [0.15, 0.2) is 0 Å². The van der Waals surface area contributed by atoms with Gasteiger partial charge in [-0.25, -0.2) is 0 Å². The minimum Gasteiger partial charge on any atom is -0.377 e. The van der Waals surface area contributed by atoms with Crippen LogP contribution in [0.4, 0.5) is 0 Å². The Labute approximate surface area is 116 Å². The number of nitrogens with zero attached hydrogens (tertiary/aromatic N) is 2. The smallest absolute Gasteiger partial charge is 0.117 e. The van der Waals surface area contributed by atoms with E-state index in [9.17, 15) is 0 Å². The lowest BCUT2D eigenvalue weighted by Gasteiger charge is -2.43. The van der Waals surface area contributed by atoms with Crippen LogP contribution >= 0.6 is 0 Å². The summed E-state index contributed by atoms with van der Waals surface area (Å²) in [5, 5.41) is 0. The van der Waals surface area contributed by atoms with E-state index in [2.05, 4.69) is 16.4 Å². The Morgan fingerprint density at radius 2 is 1.95 bits per heavy atom. The summed E-state index contributed by atoms with van der Waals surface area (Å²) in [7, 11) is 0. The molecule has 0 aromatic heterocycles. The molecule has 0 radical (unpaired) electrons. The monoisotopic (exact) mass is 266 g/mol. The van der Waals surface area contributed by atoms with Gasteiger partial charge in [-0.3, -0.25) is 9.80 Å². The molecule has 0 N–H and O–H groups in total. The zero-order valence-electron chi connectivity index (χ0n) is 11.9. The average molecular weight is 266 g/mol. The summed E-state index contributed by atoms with van der Waals surface area (Å²) in [5.41, 5.74) is -0.118. The van der Waals surface area contributed by atoms with Crippen LogP contribution in [-0.2, 0) is 9.47 Å². The molecule has 0 unspecified atom stereocenters. The molecule has 2 aliphatic heterocycles. The average Bonchev–Trinajstić information content (AvgIpc) is 3.19. The van der Waals surface area contributed by atoms with Crippen molar-refractivity contribution in [3.05, 3.63) is 12.7 Å². The van der Waals surface area contributed by atoms with Crippen LogP contribution in [0.5, 0.6) is 0 Å². The Balaban J connectivity index is 1.62. The van der Waals surface area contributed by atoms with Gasteiger partial charge in [-0.05, 0) is 18.8 Å². The number of hydrogen-bond acceptors (Lipinski definition) is 4. The van der Waals surface area contributed by atoms with E-state index in [-0.39, 0.29) is 5.60 Å². The van der Waals surface area contributed by atoms with Gasteiger partial charge in [-0.2, -0.15) is 0 Å². The molecule has 19 heavy (non-hydrogen) atoms. The third-order valence-corrected chi connectivity index (χ3v) is 4.36. The Hall–Kier alpha value is -0.420. The van der Waals surface area contributed by atoms with Gasteiger partial charge < -0.3 is 9.47 Å². The molecule has 0 aromatic rings. The molecular weight excluding hydrogens is 240 g/mol. The van der Waals surface area contributed by atoms with E-state index in [1.165, 1.54) is 19.4 Å². The number of morpholine rings is 1. The van der Waals surface area contributed by atoms with Crippen LogP contribution < -0.4 is 0 Å².